The highest BCUT2D eigenvalue weighted by Gasteiger charge is 2.18. The average molecular weight is 420 g/mol. The molecule has 8 heteroatoms. The number of ether oxygens (including phenoxy) is 1. The highest BCUT2D eigenvalue weighted by molar-refractivity contribution is 5.94. The second-order valence-electron chi connectivity index (χ2n) is 6.88. The van der Waals surface area contributed by atoms with Gasteiger partial charge in [-0.2, -0.15) is 5.10 Å². The van der Waals surface area contributed by atoms with Crippen molar-refractivity contribution in [3.63, 3.8) is 0 Å². The fourth-order valence-electron chi connectivity index (χ4n) is 2.94. The molecule has 0 saturated carbocycles. The van der Waals surface area contributed by atoms with Gasteiger partial charge in [0.15, 0.2) is 0 Å². The smallest absolute Gasteiger partial charge is 0.267 e. The minimum absolute atomic E-state index is 0.178. The quantitative estimate of drug-likeness (QED) is 0.609. The van der Waals surface area contributed by atoms with Crippen molar-refractivity contribution < 1.29 is 14.3 Å². The molecule has 31 heavy (non-hydrogen) atoms. The zero-order valence-corrected chi connectivity index (χ0v) is 17.6. The lowest BCUT2D eigenvalue weighted by molar-refractivity contribution is -0.119. The summed E-state index contributed by atoms with van der Waals surface area (Å²) in [6.45, 7) is 5.52. The molecule has 1 atom stereocenters. The second kappa shape index (κ2) is 9.71. The van der Waals surface area contributed by atoms with Crippen LogP contribution in [0.4, 0.5) is 11.4 Å². The van der Waals surface area contributed by atoms with Crippen LogP contribution in [0.5, 0.6) is 5.75 Å². The molecule has 160 valence electrons. The highest BCUT2D eigenvalue weighted by Crippen LogP contribution is 2.21. The van der Waals surface area contributed by atoms with Crippen LogP contribution in [-0.2, 0) is 9.59 Å². The highest BCUT2D eigenvalue weighted by atomic mass is 16.5. The summed E-state index contributed by atoms with van der Waals surface area (Å²) in [5.74, 6) is 0.186. The third-order valence-corrected chi connectivity index (χ3v) is 4.51. The molecule has 1 aromatic heterocycles. The number of benzene rings is 2. The number of nitrogens with one attached hydrogen (secondary N) is 2. The molecular formula is C23H24N4O4. The van der Waals surface area contributed by atoms with E-state index in [-0.39, 0.29) is 17.4 Å². The van der Waals surface area contributed by atoms with Gasteiger partial charge >= 0.3 is 0 Å². The first-order valence-corrected chi connectivity index (χ1v) is 9.89. The molecule has 8 nitrogen and oxygen atoms in total. The number of hydrogen-bond donors (Lipinski definition) is 2. The van der Waals surface area contributed by atoms with Gasteiger partial charge in [-0.25, -0.2) is 4.68 Å². The molecule has 2 aromatic carbocycles. The number of aromatic nitrogens is 2. The van der Waals surface area contributed by atoms with Gasteiger partial charge in [0, 0.05) is 29.9 Å². The molecular weight excluding hydrogens is 396 g/mol. The van der Waals surface area contributed by atoms with Gasteiger partial charge in [-0.3, -0.25) is 14.4 Å². The number of nitrogens with zero attached hydrogens (tertiary/aromatic N) is 2. The van der Waals surface area contributed by atoms with Crippen LogP contribution in [0.25, 0.3) is 11.3 Å². The van der Waals surface area contributed by atoms with Gasteiger partial charge in [0.2, 0.25) is 11.8 Å². The fourth-order valence-corrected chi connectivity index (χ4v) is 2.94. The monoisotopic (exact) mass is 420 g/mol. The molecule has 0 aliphatic rings. The minimum Gasteiger partial charge on any atom is -0.494 e. The molecule has 0 spiro atoms. The summed E-state index contributed by atoms with van der Waals surface area (Å²) < 4.78 is 6.60. The predicted molar refractivity (Wildman–Crippen MR) is 119 cm³/mol. The molecule has 0 bridgehead atoms. The Bertz CT molecular complexity index is 1120. The molecule has 0 aliphatic heterocycles. The molecule has 0 radical (unpaired) electrons. The van der Waals surface area contributed by atoms with E-state index < -0.39 is 6.04 Å². The van der Waals surface area contributed by atoms with Gasteiger partial charge in [0.1, 0.15) is 11.8 Å². The number of anilines is 2. The lowest BCUT2D eigenvalue weighted by Gasteiger charge is -2.15. The van der Waals surface area contributed by atoms with E-state index in [1.807, 2.05) is 31.2 Å². The first kappa shape index (κ1) is 21.8. The zero-order chi connectivity index (χ0) is 22.4. The molecule has 1 unspecified atom stereocenters. The van der Waals surface area contributed by atoms with E-state index in [0.717, 1.165) is 16.0 Å². The third kappa shape index (κ3) is 5.57. The Morgan fingerprint density at radius 1 is 0.968 bits per heavy atom. The van der Waals surface area contributed by atoms with Crippen LogP contribution in [-0.4, -0.2) is 28.2 Å². The molecule has 2 N–H and O–H groups in total. The molecule has 3 aromatic rings. The summed E-state index contributed by atoms with van der Waals surface area (Å²) in [7, 11) is 0. The Kier molecular flexibility index (Phi) is 6.81. The standard InChI is InChI=1S/C23H24N4O4/c1-4-31-20-11-5-17(6-12-20)21-13-14-22(29)27(26-21)15(2)23(30)25-19-9-7-18(8-10-19)24-16(3)28/h5-15H,4H2,1-3H3,(H,24,28)(H,25,30). The molecule has 2 amide bonds. The van der Waals surface area contributed by atoms with Crippen molar-refractivity contribution >= 4 is 23.2 Å². The third-order valence-electron chi connectivity index (χ3n) is 4.51. The van der Waals surface area contributed by atoms with Gasteiger partial charge in [-0.15, -0.1) is 0 Å². The number of rotatable bonds is 7. The van der Waals surface area contributed by atoms with Gasteiger partial charge < -0.3 is 15.4 Å². The van der Waals surface area contributed by atoms with Crippen LogP contribution in [0.1, 0.15) is 26.8 Å². The molecule has 0 aliphatic carbocycles. The molecule has 0 saturated heterocycles. The fraction of sp³-hybridized carbons (Fsp3) is 0.217. The van der Waals surface area contributed by atoms with Crippen molar-refractivity contribution in [3.05, 3.63) is 71.0 Å². The van der Waals surface area contributed by atoms with Gasteiger partial charge in [0.05, 0.1) is 12.3 Å². The molecule has 1 heterocycles. The van der Waals surface area contributed by atoms with Crippen molar-refractivity contribution in [2.45, 2.75) is 26.8 Å². The van der Waals surface area contributed by atoms with Gasteiger partial charge in [-0.1, -0.05) is 0 Å². The number of hydrogen-bond acceptors (Lipinski definition) is 5. The SMILES string of the molecule is CCOc1ccc(-c2ccc(=O)n(C(C)C(=O)Nc3ccc(NC(C)=O)cc3)n2)cc1. The van der Waals surface area contributed by atoms with Crippen LogP contribution in [0, 0.1) is 0 Å². The van der Waals surface area contributed by atoms with Gasteiger partial charge in [-0.05, 0) is 68.4 Å². The van der Waals surface area contributed by atoms with Crippen LogP contribution in [0.3, 0.4) is 0 Å². The van der Waals surface area contributed by atoms with E-state index in [4.69, 9.17) is 4.74 Å². The summed E-state index contributed by atoms with van der Waals surface area (Å²) in [6, 6.07) is 16.2. The van der Waals surface area contributed by atoms with E-state index in [1.165, 1.54) is 13.0 Å². The number of amides is 2. The van der Waals surface area contributed by atoms with Crippen molar-refractivity contribution in [2.24, 2.45) is 0 Å². The number of carbonyl (C=O) groups excluding carboxylic acids is 2. The Morgan fingerprint density at radius 3 is 2.16 bits per heavy atom. The first-order chi connectivity index (χ1) is 14.9. The van der Waals surface area contributed by atoms with Crippen LogP contribution in [0.15, 0.2) is 65.5 Å². The van der Waals surface area contributed by atoms with Crippen molar-refractivity contribution in [1.82, 2.24) is 9.78 Å². The maximum absolute atomic E-state index is 12.7. The van der Waals surface area contributed by atoms with Crippen molar-refractivity contribution in [2.75, 3.05) is 17.2 Å². The van der Waals surface area contributed by atoms with Gasteiger partial charge in [0.25, 0.3) is 5.56 Å². The average Bonchev–Trinajstić information content (AvgIpc) is 2.75. The lowest BCUT2D eigenvalue weighted by Crippen LogP contribution is -2.33. The summed E-state index contributed by atoms with van der Waals surface area (Å²) in [4.78, 5) is 36.1. The van der Waals surface area contributed by atoms with Crippen molar-refractivity contribution in [1.29, 1.82) is 0 Å². The Morgan fingerprint density at radius 2 is 1.58 bits per heavy atom. The normalized spacial score (nSPS) is 11.5. The Balaban J connectivity index is 1.76. The zero-order valence-electron chi connectivity index (χ0n) is 17.6. The van der Waals surface area contributed by atoms with E-state index in [2.05, 4.69) is 15.7 Å². The summed E-state index contributed by atoms with van der Waals surface area (Å²) in [5.41, 5.74) is 2.17. The minimum atomic E-state index is -0.829. The number of carbonyl (C=O) groups is 2. The predicted octanol–water partition coefficient (Wildman–Crippen LogP) is 3.47. The van der Waals surface area contributed by atoms with E-state index in [0.29, 0.717) is 23.7 Å². The second-order valence-corrected chi connectivity index (χ2v) is 6.88. The van der Waals surface area contributed by atoms with Crippen molar-refractivity contribution in [3.8, 4) is 17.0 Å². The molecule has 3 rings (SSSR count). The van der Waals surface area contributed by atoms with E-state index >= 15 is 0 Å². The van der Waals surface area contributed by atoms with Crippen LogP contribution in [0.2, 0.25) is 0 Å². The lowest BCUT2D eigenvalue weighted by atomic mass is 10.1. The maximum Gasteiger partial charge on any atom is 0.267 e. The Hall–Kier alpha value is -3.94. The first-order valence-electron chi connectivity index (χ1n) is 9.89. The van der Waals surface area contributed by atoms with E-state index in [9.17, 15) is 14.4 Å². The summed E-state index contributed by atoms with van der Waals surface area (Å²) in [6.07, 6.45) is 0. The summed E-state index contributed by atoms with van der Waals surface area (Å²) >= 11 is 0. The van der Waals surface area contributed by atoms with Crippen LogP contribution < -0.4 is 20.9 Å². The Labute approximate surface area is 179 Å². The topological polar surface area (TPSA) is 102 Å². The largest absolute Gasteiger partial charge is 0.494 e. The van der Waals surface area contributed by atoms with Crippen LogP contribution >= 0.6 is 0 Å². The summed E-state index contributed by atoms with van der Waals surface area (Å²) in [5, 5.41) is 9.80. The van der Waals surface area contributed by atoms with E-state index in [1.54, 1.807) is 37.3 Å². The maximum atomic E-state index is 12.7. The molecule has 0 fully saturated rings.